The summed E-state index contributed by atoms with van der Waals surface area (Å²) in [5.41, 5.74) is 2.14. The standard InChI is InChI=1S/C14H15BrN2O3/c1-3-10-7-11(17(2)16-10)8-20-13-6-9(14(18)19)4-5-12(13)15/h4-7H,3,8H2,1-2H3,(H,18,19). The lowest BCUT2D eigenvalue weighted by Crippen LogP contribution is -2.04. The minimum absolute atomic E-state index is 0.197. The Morgan fingerprint density at radius 3 is 2.80 bits per heavy atom. The molecule has 0 aliphatic carbocycles. The Kier molecular flexibility index (Phi) is 4.44. The van der Waals surface area contributed by atoms with E-state index in [9.17, 15) is 4.79 Å². The predicted molar refractivity (Wildman–Crippen MR) is 78.0 cm³/mol. The molecule has 106 valence electrons. The molecule has 1 N–H and O–H groups in total. The van der Waals surface area contributed by atoms with Crippen molar-refractivity contribution in [2.24, 2.45) is 7.05 Å². The minimum atomic E-state index is -0.976. The summed E-state index contributed by atoms with van der Waals surface area (Å²) in [6, 6.07) is 6.68. The Bertz CT molecular complexity index is 637. The topological polar surface area (TPSA) is 64.3 Å². The number of benzene rings is 1. The molecule has 0 fully saturated rings. The van der Waals surface area contributed by atoms with Crippen molar-refractivity contribution in [3.8, 4) is 5.75 Å². The highest BCUT2D eigenvalue weighted by molar-refractivity contribution is 9.10. The maximum absolute atomic E-state index is 11.0. The highest BCUT2D eigenvalue weighted by atomic mass is 79.9. The van der Waals surface area contributed by atoms with Crippen LogP contribution in [-0.2, 0) is 20.1 Å². The largest absolute Gasteiger partial charge is 0.486 e. The average molecular weight is 339 g/mol. The van der Waals surface area contributed by atoms with E-state index in [1.165, 1.54) is 12.1 Å². The Labute approximate surface area is 125 Å². The molecule has 0 saturated heterocycles. The smallest absolute Gasteiger partial charge is 0.335 e. The summed E-state index contributed by atoms with van der Waals surface area (Å²) < 4.78 is 8.18. The molecule has 0 aliphatic rings. The molecule has 0 atom stereocenters. The third-order valence-electron chi connectivity index (χ3n) is 2.94. The van der Waals surface area contributed by atoms with Crippen LogP contribution in [0.3, 0.4) is 0 Å². The molecule has 2 aromatic rings. The van der Waals surface area contributed by atoms with Crippen molar-refractivity contribution < 1.29 is 14.6 Å². The third-order valence-corrected chi connectivity index (χ3v) is 3.60. The van der Waals surface area contributed by atoms with Gasteiger partial charge in [0.15, 0.2) is 0 Å². The van der Waals surface area contributed by atoms with Gasteiger partial charge in [-0.15, -0.1) is 0 Å². The molecule has 0 radical (unpaired) electrons. The number of aromatic carboxylic acids is 1. The molecule has 0 unspecified atom stereocenters. The van der Waals surface area contributed by atoms with Crippen LogP contribution in [0.2, 0.25) is 0 Å². The summed E-state index contributed by atoms with van der Waals surface area (Å²) in [5, 5.41) is 13.3. The first-order valence-corrected chi connectivity index (χ1v) is 6.98. The number of aryl methyl sites for hydroxylation is 2. The molecule has 20 heavy (non-hydrogen) atoms. The van der Waals surface area contributed by atoms with Crippen molar-refractivity contribution in [2.45, 2.75) is 20.0 Å². The van der Waals surface area contributed by atoms with Gasteiger partial charge in [-0.3, -0.25) is 4.68 Å². The van der Waals surface area contributed by atoms with Crippen LogP contribution in [0.15, 0.2) is 28.7 Å². The monoisotopic (exact) mass is 338 g/mol. The number of rotatable bonds is 5. The Morgan fingerprint density at radius 2 is 2.20 bits per heavy atom. The second-order valence-electron chi connectivity index (χ2n) is 4.34. The molecular formula is C14H15BrN2O3. The van der Waals surface area contributed by atoms with Crippen LogP contribution in [0.25, 0.3) is 0 Å². The molecule has 1 aromatic carbocycles. The molecule has 0 bridgehead atoms. The van der Waals surface area contributed by atoms with E-state index >= 15 is 0 Å². The summed E-state index contributed by atoms with van der Waals surface area (Å²) in [6.45, 7) is 2.38. The molecule has 0 spiro atoms. The first-order valence-electron chi connectivity index (χ1n) is 6.18. The van der Waals surface area contributed by atoms with Gasteiger partial charge in [-0.2, -0.15) is 5.10 Å². The zero-order valence-electron chi connectivity index (χ0n) is 11.3. The molecule has 0 amide bonds. The zero-order valence-corrected chi connectivity index (χ0v) is 12.8. The Morgan fingerprint density at radius 1 is 1.45 bits per heavy atom. The van der Waals surface area contributed by atoms with Crippen molar-refractivity contribution in [1.29, 1.82) is 0 Å². The number of nitrogens with zero attached hydrogens (tertiary/aromatic N) is 2. The van der Waals surface area contributed by atoms with E-state index in [1.54, 1.807) is 10.7 Å². The van der Waals surface area contributed by atoms with Gasteiger partial charge in [0.25, 0.3) is 0 Å². The second kappa shape index (κ2) is 6.09. The summed E-state index contributed by atoms with van der Waals surface area (Å²) in [5.74, 6) is -0.472. The van der Waals surface area contributed by atoms with Crippen LogP contribution in [0.5, 0.6) is 5.75 Å². The van der Waals surface area contributed by atoms with Gasteiger partial charge in [0.2, 0.25) is 0 Å². The lowest BCUT2D eigenvalue weighted by molar-refractivity contribution is 0.0696. The Balaban J connectivity index is 2.15. The second-order valence-corrected chi connectivity index (χ2v) is 5.20. The number of hydrogen-bond acceptors (Lipinski definition) is 3. The fourth-order valence-electron chi connectivity index (χ4n) is 1.78. The summed E-state index contributed by atoms with van der Waals surface area (Å²) in [6.07, 6.45) is 0.867. The fourth-order valence-corrected chi connectivity index (χ4v) is 2.14. The van der Waals surface area contributed by atoms with Crippen molar-refractivity contribution in [3.05, 3.63) is 45.7 Å². The molecule has 1 heterocycles. The van der Waals surface area contributed by atoms with Crippen molar-refractivity contribution in [3.63, 3.8) is 0 Å². The first kappa shape index (κ1) is 14.6. The molecule has 6 heteroatoms. The lowest BCUT2D eigenvalue weighted by atomic mass is 10.2. The molecule has 2 rings (SSSR count). The molecule has 1 aromatic heterocycles. The number of halogens is 1. The highest BCUT2D eigenvalue weighted by Gasteiger charge is 2.10. The maximum Gasteiger partial charge on any atom is 0.335 e. The van der Waals surface area contributed by atoms with E-state index in [-0.39, 0.29) is 5.56 Å². The summed E-state index contributed by atoms with van der Waals surface area (Å²) in [7, 11) is 1.86. The van der Waals surface area contributed by atoms with Gasteiger partial charge in [0.05, 0.1) is 21.4 Å². The van der Waals surface area contributed by atoms with Crippen LogP contribution in [0, 0.1) is 0 Å². The van der Waals surface area contributed by atoms with E-state index in [0.29, 0.717) is 12.4 Å². The summed E-state index contributed by atoms with van der Waals surface area (Å²) >= 11 is 3.35. The third kappa shape index (κ3) is 3.19. The van der Waals surface area contributed by atoms with Crippen LogP contribution < -0.4 is 4.74 Å². The average Bonchev–Trinajstić information content (AvgIpc) is 2.78. The first-order chi connectivity index (χ1) is 9.51. The quantitative estimate of drug-likeness (QED) is 0.909. The molecule has 0 saturated carbocycles. The van der Waals surface area contributed by atoms with Crippen LogP contribution in [0.4, 0.5) is 0 Å². The highest BCUT2D eigenvalue weighted by Crippen LogP contribution is 2.27. The molecular weight excluding hydrogens is 324 g/mol. The molecule has 0 aliphatic heterocycles. The molecule has 5 nitrogen and oxygen atoms in total. The van der Waals surface area contributed by atoms with Gasteiger partial charge < -0.3 is 9.84 Å². The lowest BCUT2D eigenvalue weighted by Gasteiger charge is -2.09. The van der Waals surface area contributed by atoms with Crippen LogP contribution >= 0.6 is 15.9 Å². The van der Waals surface area contributed by atoms with Gasteiger partial charge in [0, 0.05) is 7.05 Å². The number of aromatic nitrogens is 2. The van der Waals surface area contributed by atoms with Gasteiger partial charge >= 0.3 is 5.97 Å². The number of ether oxygens (including phenoxy) is 1. The van der Waals surface area contributed by atoms with Crippen molar-refractivity contribution in [1.82, 2.24) is 9.78 Å². The van der Waals surface area contributed by atoms with Gasteiger partial charge in [-0.25, -0.2) is 4.79 Å². The maximum atomic E-state index is 11.0. The minimum Gasteiger partial charge on any atom is -0.486 e. The van der Waals surface area contributed by atoms with E-state index in [0.717, 1.165) is 22.3 Å². The predicted octanol–water partition coefficient (Wildman–Crippen LogP) is 3.02. The van der Waals surface area contributed by atoms with Gasteiger partial charge in [-0.1, -0.05) is 6.92 Å². The van der Waals surface area contributed by atoms with E-state index in [2.05, 4.69) is 21.0 Å². The van der Waals surface area contributed by atoms with Crippen LogP contribution in [-0.4, -0.2) is 20.9 Å². The van der Waals surface area contributed by atoms with E-state index < -0.39 is 5.97 Å². The Hall–Kier alpha value is -1.82. The number of carboxylic acids is 1. The normalized spacial score (nSPS) is 10.6. The van der Waals surface area contributed by atoms with Crippen molar-refractivity contribution in [2.75, 3.05) is 0 Å². The van der Waals surface area contributed by atoms with E-state index in [4.69, 9.17) is 9.84 Å². The number of carboxylic acid groups (broad SMARTS) is 1. The number of hydrogen-bond donors (Lipinski definition) is 1. The zero-order chi connectivity index (χ0) is 14.7. The van der Waals surface area contributed by atoms with Gasteiger partial charge in [-0.05, 0) is 46.6 Å². The number of carbonyl (C=O) groups is 1. The summed E-state index contributed by atoms with van der Waals surface area (Å²) in [4.78, 5) is 11.0. The SMILES string of the molecule is CCc1cc(COc2cc(C(=O)O)ccc2Br)n(C)n1. The van der Waals surface area contributed by atoms with E-state index in [1.807, 2.05) is 20.0 Å². The van der Waals surface area contributed by atoms with Crippen molar-refractivity contribution >= 4 is 21.9 Å². The van der Waals surface area contributed by atoms with Crippen LogP contribution in [0.1, 0.15) is 28.7 Å². The fraction of sp³-hybridized carbons (Fsp3) is 0.286. The van der Waals surface area contributed by atoms with Gasteiger partial charge in [0.1, 0.15) is 12.4 Å².